The van der Waals surface area contributed by atoms with E-state index in [0.29, 0.717) is 18.2 Å². The molecule has 2 amide bonds. The summed E-state index contributed by atoms with van der Waals surface area (Å²) >= 11 is 1.28. The van der Waals surface area contributed by atoms with Crippen LogP contribution >= 0.6 is 11.3 Å². The van der Waals surface area contributed by atoms with E-state index >= 15 is 0 Å². The second kappa shape index (κ2) is 9.87. The Morgan fingerprint density at radius 3 is 2.80 bits per heavy atom. The maximum absolute atomic E-state index is 14.3. The van der Waals surface area contributed by atoms with Crippen LogP contribution in [-0.2, 0) is 9.53 Å². The molecule has 3 fully saturated rings. The van der Waals surface area contributed by atoms with Gasteiger partial charge in [0, 0.05) is 18.3 Å². The Morgan fingerprint density at radius 1 is 1.29 bits per heavy atom. The predicted molar refractivity (Wildman–Crippen MR) is 133 cm³/mol. The van der Waals surface area contributed by atoms with Gasteiger partial charge in [0.1, 0.15) is 24.5 Å². The number of fused-ring (bicyclic) bond motifs is 1. The lowest BCUT2D eigenvalue weighted by atomic mass is 9.82. The van der Waals surface area contributed by atoms with Gasteiger partial charge in [-0.25, -0.2) is 19.7 Å². The monoisotopic (exact) mass is 496 g/mol. The van der Waals surface area contributed by atoms with Crippen LogP contribution < -0.4 is 5.32 Å². The summed E-state index contributed by atoms with van der Waals surface area (Å²) in [6, 6.07) is 1.29. The lowest BCUT2D eigenvalue weighted by Gasteiger charge is -2.39. The van der Waals surface area contributed by atoms with E-state index in [1.165, 1.54) is 24.1 Å². The fourth-order valence-electron chi connectivity index (χ4n) is 6.48. The molecule has 9 heteroatoms. The molecule has 0 aromatic carbocycles. The number of rotatable bonds is 6. The molecule has 1 saturated carbocycles. The van der Waals surface area contributed by atoms with E-state index in [1.807, 2.05) is 13.1 Å². The van der Waals surface area contributed by atoms with E-state index < -0.39 is 6.04 Å². The van der Waals surface area contributed by atoms with Crippen molar-refractivity contribution in [1.29, 1.82) is 0 Å². The van der Waals surface area contributed by atoms with E-state index in [2.05, 4.69) is 33.8 Å². The normalized spacial score (nSPS) is 31.6. The van der Waals surface area contributed by atoms with Crippen molar-refractivity contribution in [2.24, 2.45) is 17.8 Å². The molecule has 1 N–H and O–H groups in total. The van der Waals surface area contributed by atoms with Crippen molar-refractivity contribution < 1.29 is 18.8 Å². The molecule has 5 rings (SSSR count). The zero-order valence-corrected chi connectivity index (χ0v) is 21.2. The van der Waals surface area contributed by atoms with Crippen LogP contribution in [-0.4, -0.2) is 69.6 Å². The maximum atomic E-state index is 14.3. The van der Waals surface area contributed by atoms with E-state index in [1.54, 1.807) is 18.5 Å². The first-order valence-electron chi connectivity index (χ1n) is 12.6. The Balaban J connectivity index is 1.41. The van der Waals surface area contributed by atoms with Crippen molar-refractivity contribution in [3.05, 3.63) is 42.4 Å². The minimum absolute atomic E-state index is 0.0437. The number of ether oxygens (including phenoxy) is 1. The van der Waals surface area contributed by atoms with Gasteiger partial charge in [0.25, 0.3) is 5.91 Å². The molecule has 2 aliphatic heterocycles. The molecule has 0 radical (unpaired) electrons. The fraction of sp³-hybridized carbons (Fsp3) is 0.577. The zero-order chi connectivity index (χ0) is 24.6. The minimum atomic E-state index is -0.545. The van der Waals surface area contributed by atoms with Gasteiger partial charge in [0.15, 0.2) is 5.01 Å². The molecule has 3 aliphatic rings. The summed E-state index contributed by atoms with van der Waals surface area (Å²) in [4.78, 5) is 41.1. The average Bonchev–Trinajstić information content (AvgIpc) is 3.61. The third-order valence-corrected chi connectivity index (χ3v) is 9.18. The van der Waals surface area contributed by atoms with Gasteiger partial charge < -0.3 is 10.1 Å². The van der Waals surface area contributed by atoms with Crippen LogP contribution in [0.15, 0.2) is 37.4 Å². The second-order valence-corrected chi connectivity index (χ2v) is 11.5. The Bertz CT molecular complexity index is 1090. The third kappa shape index (κ3) is 4.45. The third-order valence-electron chi connectivity index (χ3n) is 8.16. The SMILES string of the molecule is C=CC1COC2C(C)C[N+](C)(C(=O)C(NC(=O)c3ncc(-c4ccncn4)s3)C3CCCCC3)C12. The molecule has 35 heavy (non-hydrogen) atoms. The van der Waals surface area contributed by atoms with Gasteiger partial charge in [0.2, 0.25) is 0 Å². The molecular weight excluding hydrogens is 462 g/mol. The number of amides is 2. The Labute approximate surface area is 210 Å². The summed E-state index contributed by atoms with van der Waals surface area (Å²) in [7, 11) is 2.03. The number of nitrogens with one attached hydrogen (secondary N) is 1. The van der Waals surface area contributed by atoms with Crippen LogP contribution in [0.5, 0.6) is 0 Å². The van der Waals surface area contributed by atoms with Crippen molar-refractivity contribution in [2.45, 2.75) is 57.2 Å². The summed E-state index contributed by atoms with van der Waals surface area (Å²) < 4.78 is 6.40. The highest BCUT2D eigenvalue weighted by molar-refractivity contribution is 7.16. The Morgan fingerprint density at radius 2 is 2.09 bits per heavy atom. The number of likely N-dealkylation sites (N-methyl/N-ethyl adjacent to an activating group) is 1. The van der Waals surface area contributed by atoms with Crippen LogP contribution in [0.3, 0.4) is 0 Å². The largest absolute Gasteiger partial charge is 0.371 e. The summed E-state index contributed by atoms with van der Waals surface area (Å²) in [6.45, 7) is 7.50. The molecule has 6 unspecified atom stereocenters. The molecule has 2 saturated heterocycles. The molecule has 4 heterocycles. The van der Waals surface area contributed by atoms with Crippen LogP contribution in [0.25, 0.3) is 10.6 Å². The van der Waals surface area contributed by atoms with Gasteiger partial charge in [-0.3, -0.25) is 9.28 Å². The first-order valence-corrected chi connectivity index (χ1v) is 13.4. The predicted octanol–water partition coefficient (Wildman–Crippen LogP) is 3.47. The standard InChI is InChI=1S/C26H33N5O3S/c1-4-17-14-34-23-16(2)13-31(3,22(17)23)26(33)21(18-8-6-5-7-9-18)30-24(32)25-28-12-20(35-25)19-10-11-27-15-29-19/h4,10-12,15-18,21-23H,1,5-9,13-14H2,2-3H3/p+1. The number of hydrogen-bond donors (Lipinski definition) is 1. The first-order chi connectivity index (χ1) is 16.9. The highest BCUT2D eigenvalue weighted by atomic mass is 32.1. The molecule has 0 spiro atoms. The Hall–Kier alpha value is -2.49. The number of thiazole rings is 1. The van der Waals surface area contributed by atoms with Crippen LogP contribution in [0, 0.1) is 17.8 Å². The number of hydrogen-bond acceptors (Lipinski definition) is 7. The van der Waals surface area contributed by atoms with E-state index in [-0.39, 0.29) is 46.2 Å². The zero-order valence-electron chi connectivity index (χ0n) is 20.4. The van der Waals surface area contributed by atoms with E-state index in [0.717, 1.165) is 36.3 Å². The van der Waals surface area contributed by atoms with Crippen molar-refractivity contribution in [3.8, 4) is 10.6 Å². The van der Waals surface area contributed by atoms with Crippen LogP contribution in [0.1, 0.15) is 48.8 Å². The van der Waals surface area contributed by atoms with Gasteiger partial charge in [0.05, 0.1) is 36.7 Å². The lowest BCUT2D eigenvalue weighted by molar-refractivity contribution is -0.851. The number of likely N-dealkylation sites (tertiary alicyclic amines) is 1. The maximum Gasteiger partial charge on any atom is 0.336 e. The average molecular weight is 497 g/mol. The van der Waals surface area contributed by atoms with Crippen LogP contribution in [0.2, 0.25) is 0 Å². The van der Waals surface area contributed by atoms with Crippen molar-refractivity contribution in [3.63, 3.8) is 0 Å². The molecular formula is C26H34N5O3S+. The Kier molecular flexibility index (Phi) is 6.83. The number of quaternary nitrogens is 1. The van der Waals surface area contributed by atoms with E-state index in [4.69, 9.17) is 4.74 Å². The highest BCUT2D eigenvalue weighted by Gasteiger charge is 2.61. The quantitative estimate of drug-likeness (QED) is 0.486. The molecule has 186 valence electrons. The first kappa shape index (κ1) is 24.2. The number of nitrogens with zero attached hydrogens (tertiary/aromatic N) is 4. The molecule has 2 aromatic rings. The second-order valence-electron chi connectivity index (χ2n) is 10.4. The van der Waals surface area contributed by atoms with Crippen molar-refractivity contribution in [1.82, 2.24) is 20.3 Å². The summed E-state index contributed by atoms with van der Waals surface area (Å²) in [6.07, 6.45) is 12.0. The molecule has 0 bridgehead atoms. The van der Waals surface area contributed by atoms with Gasteiger partial charge in [-0.2, -0.15) is 0 Å². The van der Waals surface area contributed by atoms with Crippen molar-refractivity contribution >= 4 is 23.2 Å². The molecule has 2 aromatic heterocycles. The summed E-state index contributed by atoms with van der Waals surface area (Å²) in [5, 5.41) is 3.48. The van der Waals surface area contributed by atoms with E-state index in [9.17, 15) is 9.59 Å². The molecule has 1 aliphatic carbocycles. The van der Waals surface area contributed by atoms with Crippen LogP contribution in [0.4, 0.5) is 0 Å². The van der Waals surface area contributed by atoms with Gasteiger partial charge in [-0.1, -0.05) is 32.3 Å². The van der Waals surface area contributed by atoms with Gasteiger partial charge in [-0.15, -0.1) is 17.9 Å². The lowest BCUT2D eigenvalue weighted by Crippen LogP contribution is -2.64. The topological polar surface area (TPSA) is 94.1 Å². The molecule has 6 atom stereocenters. The summed E-state index contributed by atoms with van der Waals surface area (Å²) in [5.74, 6) is 0.342. The highest BCUT2D eigenvalue weighted by Crippen LogP contribution is 2.43. The van der Waals surface area contributed by atoms with Crippen molar-refractivity contribution in [2.75, 3.05) is 20.2 Å². The smallest absolute Gasteiger partial charge is 0.336 e. The molecule has 8 nitrogen and oxygen atoms in total. The fourth-order valence-corrected chi connectivity index (χ4v) is 7.28. The number of carbonyl (C=O) groups excluding carboxylic acids is 2. The van der Waals surface area contributed by atoms with Gasteiger partial charge in [-0.05, 0) is 24.8 Å². The minimum Gasteiger partial charge on any atom is -0.371 e. The number of aromatic nitrogens is 3. The summed E-state index contributed by atoms with van der Waals surface area (Å²) in [5.41, 5.74) is 0.725. The number of carbonyl (C=O) groups is 2. The van der Waals surface area contributed by atoms with Gasteiger partial charge >= 0.3 is 5.91 Å².